The molecule has 0 radical (unpaired) electrons. The number of rotatable bonds is 1. The van der Waals surface area contributed by atoms with Crippen LogP contribution in [0.4, 0.5) is 0 Å². The van der Waals surface area contributed by atoms with E-state index in [9.17, 15) is 19.8 Å². The Bertz CT molecular complexity index is 453. The number of esters is 1. The van der Waals surface area contributed by atoms with Gasteiger partial charge >= 0.3 is 5.97 Å². The van der Waals surface area contributed by atoms with Gasteiger partial charge in [0.25, 0.3) is 0 Å². The summed E-state index contributed by atoms with van der Waals surface area (Å²) < 4.78 is 5.69. The van der Waals surface area contributed by atoms with Gasteiger partial charge < -0.3 is 19.8 Å². The first-order valence-electron chi connectivity index (χ1n) is 7.81. The second kappa shape index (κ2) is 5.25. The van der Waals surface area contributed by atoms with E-state index in [4.69, 9.17) is 4.74 Å². The Morgan fingerprint density at radius 2 is 2.10 bits per heavy atom. The van der Waals surface area contributed by atoms with E-state index in [0.29, 0.717) is 19.4 Å². The van der Waals surface area contributed by atoms with Gasteiger partial charge in [-0.3, -0.25) is 9.59 Å². The highest BCUT2D eigenvalue weighted by atomic mass is 16.6. The van der Waals surface area contributed by atoms with Crippen LogP contribution < -0.4 is 0 Å². The number of hydrogen-bond donors (Lipinski definition) is 2. The predicted octanol–water partition coefficient (Wildman–Crippen LogP) is 0.205. The molecule has 2 saturated heterocycles. The summed E-state index contributed by atoms with van der Waals surface area (Å²) in [6.45, 7) is 2.21. The molecule has 1 saturated carbocycles. The van der Waals surface area contributed by atoms with Crippen molar-refractivity contribution in [2.75, 3.05) is 6.54 Å². The van der Waals surface area contributed by atoms with Crippen molar-refractivity contribution < 1.29 is 24.5 Å². The van der Waals surface area contributed by atoms with Crippen molar-refractivity contribution in [3.8, 4) is 0 Å². The van der Waals surface area contributed by atoms with Crippen molar-refractivity contribution in [1.29, 1.82) is 0 Å². The molecule has 0 unspecified atom stereocenters. The van der Waals surface area contributed by atoms with Gasteiger partial charge in [0.1, 0.15) is 5.60 Å². The molecule has 3 rings (SSSR count). The Labute approximate surface area is 124 Å². The number of carbonyl (C=O) groups excluding carboxylic acids is 2. The van der Waals surface area contributed by atoms with Gasteiger partial charge in [0.05, 0.1) is 24.7 Å². The number of nitrogens with zero attached hydrogens (tertiary/aromatic N) is 1. The molecule has 5 atom stereocenters. The molecular formula is C15H23NO5. The summed E-state index contributed by atoms with van der Waals surface area (Å²) in [7, 11) is 0. The fourth-order valence-electron chi connectivity index (χ4n) is 4.44. The number of likely N-dealkylation sites (tertiary alicyclic amines) is 1. The summed E-state index contributed by atoms with van der Waals surface area (Å²) in [5.41, 5.74) is -0.818. The van der Waals surface area contributed by atoms with Gasteiger partial charge in [-0.1, -0.05) is 0 Å². The van der Waals surface area contributed by atoms with Crippen LogP contribution in [0, 0.1) is 5.92 Å². The Balaban J connectivity index is 1.96. The zero-order valence-electron chi connectivity index (χ0n) is 12.3. The molecule has 2 aliphatic heterocycles. The summed E-state index contributed by atoms with van der Waals surface area (Å²) in [5, 5.41) is 20.2. The van der Waals surface area contributed by atoms with Crippen LogP contribution in [-0.4, -0.2) is 57.4 Å². The smallest absolute Gasteiger partial charge is 0.306 e. The van der Waals surface area contributed by atoms with Crippen molar-refractivity contribution in [3.05, 3.63) is 0 Å². The minimum absolute atomic E-state index is 0.0172. The van der Waals surface area contributed by atoms with Crippen LogP contribution in [0.15, 0.2) is 0 Å². The Hall–Kier alpha value is -1.14. The normalized spacial score (nSPS) is 43.4. The van der Waals surface area contributed by atoms with Crippen LogP contribution in [0.5, 0.6) is 0 Å². The van der Waals surface area contributed by atoms with E-state index in [-0.39, 0.29) is 24.3 Å². The highest BCUT2D eigenvalue weighted by Crippen LogP contribution is 2.49. The van der Waals surface area contributed by atoms with Crippen molar-refractivity contribution in [2.45, 2.75) is 69.3 Å². The molecule has 0 bridgehead atoms. The number of amides is 1. The van der Waals surface area contributed by atoms with E-state index in [1.807, 2.05) is 0 Å². The second-order valence-electron chi connectivity index (χ2n) is 6.56. The summed E-state index contributed by atoms with van der Waals surface area (Å²) in [4.78, 5) is 25.6. The summed E-state index contributed by atoms with van der Waals surface area (Å²) in [6.07, 6.45) is 1.98. The lowest BCUT2D eigenvalue weighted by molar-refractivity contribution is -0.184. The first-order valence-corrected chi connectivity index (χ1v) is 7.81. The molecule has 21 heavy (non-hydrogen) atoms. The van der Waals surface area contributed by atoms with Crippen LogP contribution in [0.2, 0.25) is 0 Å². The third-order valence-corrected chi connectivity index (χ3v) is 5.43. The van der Waals surface area contributed by atoms with Crippen molar-refractivity contribution in [3.63, 3.8) is 0 Å². The number of aliphatic hydroxyl groups excluding tert-OH is 2. The zero-order chi connectivity index (χ0) is 15.2. The molecule has 0 aromatic carbocycles. The Morgan fingerprint density at radius 3 is 2.81 bits per heavy atom. The highest BCUT2D eigenvalue weighted by Gasteiger charge is 2.61. The SMILES string of the molecule is CC(=O)N1CCCC[C@H]1[C@]12CC[C@H](O)[C@H](O)[C@H]1CC(=O)O2. The molecule has 2 heterocycles. The molecule has 118 valence electrons. The maximum atomic E-state index is 11.9. The van der Waals surface area contributed by atoms with Crippen LogP contribution in [0.25, 0.3) is 0 Å². The molecule has 1 aliphatic carbocycles. The van der Waals surface area contributed by atoms with Gasteiger partial charge in [0.15, 0.2) is 0 Å². The molecule has 3 aliphatic rings. The van der Waals surface area contributed by atoms with Gasteiger partial charge in [-0.2, -0.15) is 0 Å². The third-order valence-electron chi connectivity index (χ3n) is 5.43. The predicted molar refractivity (Wildman–Crippen MR) is 73.2 cm³/mol. The van der Waals surface area contributed by atoms with E-state index in [1.165, 1.54) is 6.92 Å². The molecule has 1 amide bonds. The van der Waals surface area contributed by atoms with Crippen LogP contribution in [-0.2, 0) is 14.3 Å². The molecule has 2 N–H and O–H groups in total. The van der Waals surface area contributed by atoms with Crippen LogP contribution in [0.1, 0.15) is 45.4 Å². The monoisotopic (exact) mass is 297 g/mol. The number of carbonyl (C=O) groups is 2. The van der Waals surface area contributed by atoms with E-state index >= 15 is 0 Å². The lowest BCUT2D eigenvalue weighted by Crippen LogP contribution is -2.63. The molecular weight excluding hydrogens is 274 g/mol. The Morgan fingerprint density at radius 1 is 1.33 bits per heavy atom. The van der Waals surface area contributed by atoms with Gasteiger partial charge in [-0.15, -0.1) is 0 Å². The van der Waals surface area contributed by atoms with Gasteiger partial charge in [-0.05, 0) is 32.1 Å². The maximum Gasteiger partial charge on any atom is 0.306 e. The summed E-state index contributed by atoms with van der Waals surface area (Å²) >= 11 is 0. The minimum Gasteiger partial charge on any atom is -0.456 e. The topological polar surface area (TPSA) is 87.1 Å². The standard InChI is InChI=1S/C15H23NO5/c1-9(17)16-7-3-2-4-12(16)15-6-5-11(18)14(20)10(15)8-13(19)21-15/h10-12,14,18,20H,2-8H2,1H3/t10-,11+,12+,14-,15+/m1/s1. The average molecular weight is 297 g/mol. The number of piperidine rings is 1. The van der Waals surface area contributed by atoms with E-state index in [2.05, 4.69) is 0 Å². The maximum absolute atomic E-state index is 11.9. The summed E-state index contributed by atoms with van der Waals surface area (Å²) in [6, 6.07) is -0.178. The largest absolute Gasteiger partial charge is 0.456 e. The van der Waals surface area contributed by atoms with E-state index in [1.54, 1.807) is 4.90 Å². The van der Waals surface area contributed by atoms with Gasteiger partial charge in [0, 0.05) is 19.4 Å². The van der Waals surface area contributed by atoms with E-state index in [0.717, 1.165) is 19.3 Å². The number of ether oxygens (including phenoxy) is 1. The fourth-order valence-corrected chi connectivity index (χ4v) is 4.44. The molecule has 0 spiro atoms. The second-order valence-corrected chi connectivity index (χ2v) is 6.56. The quantitative estimate of drug-likeness (QED) is 0.675. The minimum atomic E-state index is -0.957. The summed E-state index contributed by atoms with van der Waals surface area (Å²) in [5.74, 6) is -0.766. The number of hydrogen-bond acceptors (Lipinski definition) is 5. The van der Waals surface area contributed by atoms with Gasteiger partial charge in [0.2, 0.25) is 5.91 Å². The lowest BCUT2D eigenvalue weighted by Gasteiger charge is -2.51. The Kier molecular flexibility index (Phi) is 3.69. The molecule has 6 heteroatoms. The molecule has 0 aromatic heterocycles. The first kappa shape index (κ1) is 14.8. The van der Waals surface area contributed by atoms with Crippen molar-refractivity contribution >= 4 is 11.9 Å². The molecule has 0 aromatic rings. The average Bonchev–Trinajstić information content (AvgIpc) is 2.81. The molecule has 3 fully saturated rings. The lowest BCUT2D eigenvalue weighted by atomic mass is 9.67. The zero-order valence-corrected chi connectivity index (χ0v) is 12.3. The van der Waals surface area contributed by atoms with Crippen LogP contribution in [0.3, 0.4) is 0 Å². The fraction of sp³-hybridized carbons (Fsp3) is 0.867. The number of aliphatic hydroxyl groups is 2. The van der Waals surface area contributed by atoms with Crippen molar-refractivity contribution in [2.24, 2.45) is 5.92 Å². The van der Waals surface area contributed by atoms with Crippen LogP contribution >= 0.6 is 0 Å². The van der Waals surface area contributed by atoms with E-state index < -0.39 is 23.7 Å². The highest BCUT2D eigenvalue weighted by molar-refractivity contribution is 5.76. The van der Waals surface area contributed by atoms with Crippen molar-refractivity contribution in [1.82, 2.24) is 4.90 Å². The third kappa shape index (κ3) is 2.25. The first-order chi connectivity index (χ1) is 9.95. The molecule has 6 nitrogen and oxygen atoms in total. The number of fused-ring (bicyclic) bond motifs is 1. The van der Waals surface area contributed by atoms with Gasteiger partial charge in [-0.25, -0.2) is 0 Å².